The summed E-state index contributed by atoms with van der Waals surface area (Å²) in [6, 6.07) is 3.53. The number of hydrogen-bond acceptors (Lipinski definition) is 2. The number of alkyl halides is 3. The number of aromatic nitrogens is 1. The Labute approximate surface area is 109 Å². The van der Waals surface area contributed by atoms with Gasteiger partial charge in [-0.15, -0.1) is 0 Å². The normalized spacial score (nSPS) is 24.9. The zero-order valence-corrected chi connectivity index (χ0v) is 10.4. The molecule has 1 aromatic heterocycles. The first-order valence-corrected chi connectivity index (χ1v) is 6.28. The topological polar surface area (TPSA) is 24.9 Å². The fourth-order valence-electron chi connectivity index (χ4n) is 2.26. The number of hydrogen-bond donors (Lipinski definition) is 1. The minimum Gasteiger partial charge on any atom is -0.381 e. The van der Waals surface area contributed by atoms with E-state index in [0.29, 0.717) is 18.0 Å². The Morgan fingerprint density at radius 3 is 2.33 bits per heavy atom. The molecule has 0 unspecified atom stereocenters. The van der Waals surface area contributed by atoms with Crippen molar-refractivity contribution in [2.24, 2.45) is 5.92 Å². The van der Waals surface area contributed by atoms with E-state index in [0.717, 1.165) is 5.69 Å². The summed E-state index contributed by atoms with van der Waals surface area (Å²) in [5, 5.41) is 3.60. The Hall–Kier alpha value is -0.970. The van der Waals surface area contributed by atoms with Crippen LogP contribution in [0.15, 0.2) is 18.3 Å². The molecule has 0 atom stereocenters. The van der Waals surface area contributed by atoms with E-state index in [-0.39, 0.29) is 18.9 Å². The van der Waals surface area contributed by atoms with Gasteiger partial charge >= 0.3 is 6.18 Å². The number of halogens is 4. The lowest BCUT2D eigenvalue weighted by Gasteiger charge is -2.30. The number of nitrogens with zero attached hydrogens (tertiary/aromatic N) is 1. The molecule has 1 aromatic rings. The van der Waals surface area contributed by atoms with Crippen LogP contribution in [-0.2, 0) is 0 Å². The van der Waals surface area contributed by atoms with Gasteiger partial charge in [0.2, 0.25) is 0 Å². The fourth-order valence-corrected chi connectivity index (χ4v) is 2.37. The third-order valence-electron chi connectivity index (χ3n) is 3.29. The highest BCUT2D eigenvalue weighted by molar-refractivity contribution is 6.29. The molecule has 0 spiro atoms. The summed E-state index contributed by atoms with van der Waals surface area (Å²) in [4.78, 5) is 3.92. The van der Waals surface area contributed by atoms with Gasteiger partial charge in [-0.1, -0.05) is 11.6 Å². The Balaban J connectivity index is 1.85. The van der Waals surface area contributed by atoms with Crippen molar-refractivity contribution in [1.82, 2.24) is 4.98 Å². The van der Waals surface area contributed by atoms with Crippen LogP contribution in [-0.4, -0.2) is 17.2 Å². The van der Waals surface area contributed by atoms with Crippen LogP contribution in [0.2, 0.25) is 5.15 Å². The van der Waals surface area contributed by atoms with Gasteiger partial charge in [0.25, 0.3) is 0 Å². The Morgan fingerprint density at radius 2 is 1.83 bits per heavy atom. The standard InChI is InChI=1S/C12H14ClF3N2/c13-11-6-5-10(7-17-11)18-9-3-1-8(2-4-9)12(14,15)16/h5-9,18H,1-4H2. The van der Waals surface area contributed by atoms with Crippen LogP contribution in [0.1, 0.15) is 25.7 Å². The van der Waals surface area contributed by atoms with Crippen molar-refractivity contribution in [2.45, 2.75) is 37.9 Å². The van der Waals surface area contributed by atoms with Gasteiger partial charge in [-0.25, -0.2) is 4.98 Å². The molecule has 0 bridgehead atoms. The smallest absolute Gasteiger partial charge is 0.381 e. The molecule has 2 rings (SSSR count). The van der Waals surface area contributed by atoms with Gasteiger partial charge in [-0.2, -0.15) is 13.2 Å². The maximum Gasteiger partial charge on any atom is 0.391 e. The molecule has 6 heteroatoms. The molecule has 0 amide bonds. The van der Waals surface area contributed by atoms with Gasteiger partial charge in [-0.3, -0.25) is 0 Å². The summed E-state index contributed by atoms with van der Waals surface area (Å²) in [5.74, 6) is -1.14. The quantitative estimate of drug-likeness (QED) is 0.817. The van der Waals surface area contributed by atoms with Crippen molar-refractivity contribution in [3.8, 4) is 0 Å². The molecular formula is C12H14ClF3N2. The van der Waals surface area contributed by atoms with E-state index >= 15 is 0 Å². The molecule has 0 saturated heterocycles. The zero-order valence-electron chi connectivity index (χ0n) is 9.67. The highest BCUT2D eigenvalue weighted by atomic mass is 35.5. The number of nitrogens with one attached hydrogen (secondary N) is 1. The van der Waals surface area contributed by atoms with Crippen molar-refractivity contribution in [3.63, 3.8) is 0 Å². The second kappa shape index (κ2) is 5.34. The van der Waals surface area contributed by atoms with E-state index < -0.39 is 12.1 Å². The molecular weight excluding hydrogens is 265 g/mol. The summed E-state index contributed by atoms with van der Waals surface area (Å²) in [7, 11) is 0. The number of rotatable bonds is 2. The van der Waals surface area contributed by atoms with E-state index in [1.807, 2.05) is 0 Å². The zero-order chi connectivity index (χ0) is 13.2. The van der Waals surface area contributed by atoms with Crippen LogP contribution in [0, 0.1) is 5.92 Å². The minimum absolute atomic E-state index is 0.0894. The fraction of sp³-hybridized carbons (Fsp3) is 0.583. The maximum absolute atomic E-state index is 12.5. The molecule has 1 N–H and O–H groups in total. The lowest BCUT2D eigenvalue weighted by Crippen LogP contribution is -2.32. The van der Waals surface area contributed by atoms with Crippen LogP contribution in [0.3, 0.4) is 0 Å². The van der Waals surface area contributed by atoms with Crippen molar-refractivity contribution < 1.29 is 13.2 Å². The highest BCUT2D eigenvalue weighted by Crippen LogP contribution is 2.38. The van der Waals surface area contributed by atoms with E-state index in [2.05, 4.69) is 10.3 Å². The van der Waals surface area contributed by atoms with Crippen molar-refractivity contribution >= 4 is 17.3 Å². The van der Waals surface area contributed by atoms with Gasteiger partial charge in [0.15, 0.2) is 0 Å². The first kappa shape index (κ1) is 13.5. The van der Waals surface area contributed by atoms with E-state index in [4.69, 9.17) is 11.6 Å². The lowest BCUT2D eigenvalue weighted by atomic mass is 9.85. The summed E-state index contributed by atoms with van der Waals surface area (Å²) in [6.07, 6.45) is -0.991. The van der Waals surface area contributed by atoms with Crippen LogP contribution >= 0.6 is 11.6 Å². The second-order valence-corrected chi connectivity index (χ2v) is 4.99. The van der Waals surface area contributed by atoms with E-state index in [1.54, 1.807) is 18.3 Å². The average Bonchev–Trinajstić information content (AvgIpc) is 2.32. The van der Waals surface area contributed by atoms with Crippen molar-refractivity contribution in [1.29, 1.82) is 0 Å². The van der Waals surface area contributed by atoms with Crippen LogP contribution in [0.25, 0.3) is 0 Å². The van der Waals surface area contributed by atoms with Crippen molar-refractivity contribution in [2.75, 3.05) is 5.32 Å². The second-order valence-electron chi connectivity index (χ2n) is 4.60. The molecule has 2 nitrogen and oxygen atoms in total. The minimum atomic E-state index is -4.05. The summed E-state index contributed by atoms with van der Waals surface area (Å²) >= 11 is 5.66. The number of anilines is 1. The summed E-state index contributed by atoms with van der Waals surface area (Å²) in [5.41, 5.74) is 0.801. The molecule has 100 valence electrons. The highest BCUT2D eigenvalue weighted by Gasteiger charge is 2.41. The molecule has 0 radical (unpaired) electrons. The predicted molar refractivity (Wildman–Crippen MR) is 64.7 cm³/mol. The van der Waals surface area contributed by atoms with Crippen LogP contribution in [0.4, 0.5) is 18.9 Å². The van der Waals surface area contributed by atoms with E-state index in [1.165, 1.54) is 0 Å². The number of pyridine rings is 1. The van der Waals surface area contributed by atoms with Crippen LogP contribution in [0.5, 0.6) is 0 Å². The molecule has 1 heterocycles. The monoisotopic (exact) mass is 278 g/mol. The first-order chi connectivity index (χ1) is 8.45. The van der Waals surface area contributed by atoms with Crippen LogP contribution < -0.4 is 5.32 Å². The Kier molecular flexibility index (Phi) is 4.00. The molecule has 18 heavy (non-hydrogen) atoms. The predicted octanol–water partition coefficient (Wildman–Crippen LogP) is 4.27. The van der Waals surface area contributed by atoms with Gasteiger partial charge in [0.05, 0.1) is 17.8 Å². The third-order valence-corrected chi connectivity index (χ3v) is 3.51. The molecule has 1 saturated carbocycles. The van der Waals surface area contributed by atoms with Gasteiger partial charge in [-0.05, 0) is 37.8 Å². The maximum atomic E-state index is 12.5. The average molecular weight is 279 g/mol. The largest absolute Gasteiger partial charge is 0.391 e. The summed E-state index contributed by atoms with van der Waals surface area (Å²) < 4.78 is 37.5. The molecule has 1 fully saturated rings. The molecule has 0 aromatic carbocycles. The molecule has 0 aliphatic heterocycles. The van der Waals surface area contributed by atoms with Gasteiger partial charge in [0.1, 0.15) is 5.15 Å². The lowest BCUT2D eigenvalue weighted by molar-refractivity contribution is -0.182. The van der Waals surface area contributed by atoms with Gasteiger partial charge in [0, 0.05) is 6.04 Å². The van der Waals surface area contributed by atoms with Crippen molar-refractivity contribution in [3.05, 3.63) is 23.5 Å². The third kappa shape index (κ3) is 3.51. The molecule has 1 aliphatic rings. The Bertz CT molecular complexity index is 383. The Morgan fingerprint density at radius 1 is 1.17 bits per heavy atom. The first-order valence-electron chi connectivity index (χ1n) is 5.90. The molecule has 1 aliphatic carbocycles. The van der Waals surface area contributed by atoms with Gasteiger partial charge < -0.3 is 5.32 Å². The SMILES string of the molecule is FC(F)(F)C1CCC(Nc2ccc(Cl)nc2)CC1. The summed E-state index contributed by atoms with van der Waals surface area (Å²) in [6.45, 7) is 0. The van der Waals surface area contributed by atoms with E-state index in [9.17, 15) is 13.2 Å².